The van der Waals surface area contributed by atoms with E-state index in [2.05, 4.69) is 13.8 Å². The molecule has 2 N–H and O–H groups in total. The van der Waals surface area contributed by atoms with Crippen molar-refractivity contribution < 1.29 is 10.2 Å². The maximum absolute atomic E-state index is 10.2. The van der Waals surface area contributed by atoms with Crippen LogP contribution in [0.5, 0.6) is 0 Å². The van der Waals surface area contributed by atoms with E-state index in [1.54, 1.807) is 27.7 Å². The van der Waals surface area contributed by atoms with Gasteiger partial charge in [-0.1, -0.05) is 32.0 Å². The summed E-state index contributed by atoms with van der Waals surface area (Å²) in [6.45, 7) is 11.4. The molecule has 0 fully saturated rings. The number of aliphatic hydroxyl groups is 2. The fourth-order valence-electron chi connectivity index (χ4n) is 1.88. The lowest BCUT2D eigenvalue weighted by Crippen LogP contribution is -2.21. The number of hydrogen-bond acceptors (Lipinski definition) is 2. The molecule has 1 aromatic rings. The van der Waals surface area contributed by atoms with Crippen LogP contribution in [-0.2, 0) is 11.2 Å². The average Bonchev–Trinajstić information content (AvgIpc) is 2.25. The van der Waals surface area contributed by atoms with E-state index in [4.69, 9.17) is 0 Å². The predicted molar refractivity (Wildman–Crippen MR) is 75.6 cm³/mol. The summed E-state index contributed by atoms with van der Waals surface area (Å²) in [4.78, 5) is 0. The van der Waals surface area contributed by atoms with Gasteiger partial charge in [-0.3, -0.25) is 0 Å². The van der Waals surface area contributed by atoms with Crippen molar-refractivity contribution in [2.75, 3.05) is 0 Å². The van der Waals surface area contributed by atoms with Crippen LogP contribution in [0.15, 0.2) is 18.2 Å². The molecule has 2 heteroatoms. The molecule has 1 aromatic carbocycles. The van der Waals surface area contributed by atoms with Crippen LogP contribution in [-0.4, -0.2) is 10.2 Å². The van der Waals surface area contributed by atoms with Gasteiger partial charge < -0.3 is 10.2 Å². The summed E-state index contributed by atoms with van der Waals surface area (Å²) in [6, 6.07) is 5.98. The lowest BCUT2D eigenvalue weighted by Gasteiger charge is -2.26. The van der Waals surface area contributed by atoms with Crippen molar-refractivity contribution in [2.24, 2.45) is 0 Å². The van der Waals surface area contributed by atoms with E-state index in [1.165, 1.54) is 5.56 Å². The van der Waals surface area contributed by atoms with Gasteiger partial charge in [-0.15, -0.1) is 0 Å². The van der Waals surface area contributed by atoms with Crippen LogP contribution >= 0.6 is 0 Å². The van der Waals surface area contributed by atoms with Gasteiger partial charge in [0.25, 0.3) is 0 Å². The van der Waals surface area contributed by atoms with Crippen LogP contribution in [0.4, 0.5) is 0 Å². The molecular weight excluding hydrogens is 224 g/mol. The van der Waals surface area contributed by atoms with E-state index >= 15 is 0 Å². The first kappa shape index (κ1) is 15.2. The molecule has 0 saturated carbocycles. The first-order chi connectivity index (χ1) is 8.05. The highest BCUT2D eigenvalue weighted by Gasteiger charge is 2.23. The fraction of sp³-hybridized carbons (Fsp3) is 0.625. The van der Waals surface area contributed by atoms with Crippen molar-refractivity contribution in [3.8, 4) is 0 Å². The van der Waals surface area contributed by atoms with E-state index in [1.807, 2.05) is 18.2 Å². The standard InChI is InChI=1S/C16H26O2/c1-7-11(2)12-8-13(15(3,4)17)10-14(9-12)16(5,6)18/h8-11,17-18H,7H2,1-6H3. The zero-order chi connectivity index (χ0) is 14.1. The highest BCUT2D eigenvalue weighted by Crippen LogP contribution is 2.31. The smallest absolute Gasteiger partial charge is 0.0840 e. The van der Waals surface area contributed by atoms with Crippen molar-refractivity contribution in [3.05, 3.63) is 34.9 Å². The molecule has 0 aromatic heterocycles. The molecule has 2 nitrogen and oxygen atoms in total. The minimum Gasteiger partial charge on any atom is -0.386 e. The molecule has 0 aliphatic carbocycles. The van der Waals surface area contributed by atoms with Crippen molar-refractivity contribution in [3.63, 3.8) is 0 Å². The summed E-state index contributed by atoms with van der Waals surface area (Å²) in [7, 11) is 0. The Hall–Kier alpha value is -0.860. The van der Waals surface area contributed by atoms with E-state index in [-0.39, 0.29) is 0 Å². The minimum atomic E-state index is -0.885. The summed E-state index contributed by atoms with van der Waals surface area (Å²) < 4.78 is 0. The maximum atomic E-state index is 10.2. The molecule has 0 bridgehead atoms. The van der Waals surface area contributed by atoms with E-state index in [0.29, 0.717) is 5.92 Å². The molecule has 0 heterocycles. The molecule has 0 saturated heterocycles. The topological polar surface area (TPSA) is 40.5 Å². The van der Waals surface area contributed by atoms with Gasteiger partial charge in [0.15, 0.2) is 0 Å². The number of benzene rings is 1. The van der Waals surface area contributed by atoms with Gasteiger partial charge in [0.05, 0.1) is 11.2 Å². The van der Waals surface area contributed by atoms with Gasteiger partial charge in [0.1, 0.15) is 0 Å². The molecular formula is C16H26O2. The summed E-state index contributed by atoms with van der Waals surface area (Å²) in [5.41, 5.74) is 1.12. The Morgan fingerprint density at radius 3 is 1.61 bits per heavy atom. The Bertz CT molecular complexity index is 376. The predicted octanol–water partition coefficient (Wildman–Crippen LogP) is 3.65. The maximum Gasteiger partial charge on any atom is 0.0840 e. The lowest BCUT2D eigenvalue weighted by atomic mass is 9.85. The average molecular weight is 250 g/mol. The molecule has 1 rings (SSSR count). The van der Waals surface area contributed by atoms with Crippen molar-refractivity contribution in [1.82, 2.24) is 0 Å². The Balaban J connectivity index is 3.39. The van der Waals surface area contributed by atoms with Crippen LogP contribution in [0.25, 0.3) is 0 Å². The summed E-state index contributed by atoms with van der Waals surface area (Å²) in [5, 5.41) is 20.4. The van der Waals surface area contributed by atoms with Gasteiger partial charge >= 0.3 is 0 Å². The molecule has 0 spiro atoms. The molecule has 0 aliphatic rings. The summed E-state index contributed by atoms with van der Waals surface area (Å²) in [6.07, 6.45) is 1.04. The Morgan fingerprint density at radius 2 is 1.33 bits per heavy atom. The summed E-state index contributed by atoms with van der Waals surface area (Å²) >= 11 is 0. The lowest BCUT2D eigenvalue weighted by molar-refractivity contribution is 0.0716. The fourth-order valence-corrected chi connectivity index (χ4v) is 1.88. The highest BCUT2D eigenvalue weighted by molar-refractivity contribution is 5.37. The first-order valence-electron chi connectivity index (χ1n) is 6.66. The summed E-state index contributed by atoms with van der Waals surface area (Å²) in [5.74, 6) is 0.424. The van der Waals surface area contributed by atoms with Gasteiger partial charge in [-0.2, -0.15) is 0 Å². The molecule has 0 aliphatic heterocycles. The van der Waals surface area contributed by atoms with E-state index < -0.39 is 11.2 Å². The monoisotopic (exact) mass is 250 g/mol. The van der Waals surface area contributed by atoms with Gasteiger partial charge in [0.2, 0.25) is 0 Å². The van der Waals surface area contributed by atoms with Crippen LogP contribution in [0.3, 0.4) is 0 Å². The second-order valence-electron chi connectivity index (χ2n) is 6.27. The largest absolute Gasteiger partial charge is 0.386 e. The van der Waals surface area contributed by atoms with Crippen LogP contribution in [0.1, 0.15) is 70.6 Å². The zero-order valence-electron chi connectivity index (χ0n) is 12.4. The van der Waals surface area contributed by atoms with E-state index in [9.17, 15) is 10.2 Å². The van der Waals surface area contributed by atoms with Crippen LogP contribution in [0.2, 0.25) is 0 Å². The molecule has 1 atom stereocenters. The van der Waals surface area contributed by atoms with Gasteiger partial charge in [0, 0.05) is 0 Å². The van der Waals surface area contributed by atoms with Crippen molar-refractivity contribution >= 4 is 0 Å². The van der Waals surface area contributed by atoms with Crippen LogP contribution in [0, 0.1) is 0 Å². The Morgan fingerprint density at radius 1 is 0.944 bits per heavy atom. The Kier molecular flexibility index (Phi) is 4.24. The third kappa shape index (κ3) is 3.56. The molecule has 18 heavy (non-hydrogen) atoms. The van der Waals surface area contributed by atoms with Gasteiger partial charge in [-0.25, -0.2) is 0 Å². The van der Waals surface area contributed by atoms with E-state index in [0.717, 1.165) is 17.5 Å². The van der Waals surface area contributed by atoms with Crippen LogP contribution < -0.4 is 0 Å². The highest BCUT2D eigenvalue weighted by atomic mass is 16.3. The first-order valence-corrected chi connectivity index (χ1v) is 6.66. The number of hydrogen-bond donors (Lipinski definition) is 2. The SMILES string of the molecule is CCC(C)c1cc(C(C)(C)O)cc(C(C)(C)O)c1. The Labute approximate surface area is 111 Å². The molecule has 1 unspecified atom stereocenters. The zero-order valence-corrected chi connectivity index (χ0v) is 12.4. The molecule has 0 radical (unpaired) electrons. The molecule has 102 valence electrons. The second-order valence-corrected chi connectivity index (χ2v) is 6.27. The second kappa shape index (κ2) is 5.02. The quantitative estimate of drug-likeness (QED) is 0.856. The third-order valence-corrected chi connectivity index (χ3v) is 3.55. The normalized spacial score (nSPS) is 14.7. The number of rotatable bonds is 4. The van der Waals surface area contributed by atoms with Crippen molar-refractivity contribution in [1.29, 1.82) is 0 Å². The molecule has 0 amide bonds. The van der Waals surface area contributed by atoms with Crippen molar-refractivity contribution in [2.45, 2.75) is 65.1 Å². The minimum absolute atomic E-state index is 0.424. The third-order valence-electron chi connectivity index (χ3n) is 3.55. The van der Waals surface area contributed by atoms with Gasteiger partial charge in [-0.05, 0) is 56.7 Å².